The molecule has 1 aliphatic heterocycles. The minimum absolute atomic E-state index is 0.0341. The van der Waals surface area contributed by atoms with E-state index in [0.717, 1.165) is 35.2 Å². The lowest BCUT2D eigenvalue weighted by Gasteiger charge is -2.23. The summed E-state index contributed by atoms with van der Waals surface area (Å²) in [5.41, 5.74) is 6.38. The second-order valence-electron chi connectivity index (χ2n) is 6.49. The number of para-hydroxylation sites is 1. The average molecular weight is 331 g/mol. The highest BCUT2D eigenvalue weighted by Gasteiger charge is 2.26. The third-order valence-electron chi connectivity index (χ3n) is 4.97. The second-order valence-corrected chi connectivity index (χ2v) is 6.49. The van der Waals surface area contributed by atoms with Gasteiger partial charge in [0.1, 0.15) is 0 Å². The van der Waals surface area contributed by atoms with Crippen LogP contribution in [0.1, 0.15) is 39.7 Å². The summed E-state index contributed by atoms with van der Waals surface area (Å²) in [6.45, 7) is 2.67. The Bertz CT molecular complexity index is 925. The lowest BCUT2D eigenvalue weighted by atomic mass is 10.1. The quantitative estimate of drug-likeness (QED) is 0.717. The molecule has 0 saturated carbocycles. The van der Waals surface area contributed by atoms with Gasteiger partial charge in [-0.05, 0) is 35.7 Å². The van der Waals surface area contributed by atoms with Gasteiger partial charge in [-0.15, -0.1) is 0 Å². The Hall–Kier alpha value is -2.88. The van der Waals surface area contributed by atoms with E-state index < -0.39 is 0 Å². The number of benzene rings is 2. The van der Waals surface area contributed by atoms with Gasteiger partial charge in [0.15, 0.2) is 0 Å². The normalized spacial score (nSPS) is 13.1. The van der Waals surface area contributed by atoms with Gasteiger partial charge in [0.2, 0.25) is 0 Å². The molecule has 0 bridgehead atoms. The smallest absolute Gasteiger partial charge is 0.258 e. The summed E-state index contributed by atoms with van der Waals surface area (Å²) in [5, 5.41) is 4.38. The number of hydrogen-bond acceptors (Lipinski definition) is 2. The molecule has 0 aliphatic carbocycles. The summed E-state index contributed by atoms with van der Waals surface area (Å²) in [6, 6.07) is 16.1. The Morgan fingerprint density at radius 3 is 2.60 bits per heavy atom. The van der Waals surface area contributed by atoms with E-state index in [1.165, 1.54) is 11.3 Å². The van der Waals surface area contributed by atoms with E-state index in [1.54, 1.807) is 0 Å². The molecule has 4 heteroatoms. The van der Waals surface area contributed by atoms with Crippen LogP contribution in [0.15, 0.2) is 54.7 Å². The van der Waals surface area contributed by atoms with Gasteiger partial charge in [-0.1, -0.05) is 37.3 Å². The predicted molar refractivity (Wildman–Crippen MR) is 98.8 cm³/mol. The maximum atomic E-state index is 13.2. The molecule has 25 heavy (non-hydrogen) atoms. The summed E-state index contributed by atoms with van der Waals surface area (Å²) in [5.74, 6) is 0.0341. The molecule has 1 aliphatic rings. The van der Waals surface area contributed by atoms with Crippen LogP contribution in [0.25, 0.3) is 0 Å². The molecule has 126 valence electrons. The molecule has 4 nitrogen and oxygen atoms in total. The van der Waals surface area contributed by atoms with Crippen molar-refractivity contribution in [1.29, 1.82) is 0 Å². The number of anilines is 1. The summed E-state index contributed by atoms with van der Waals surface area (Å²) in [4.78, 5) is 15.1. The molecule has 0 unspecified atom stereocenters. The molecule has 2 heterocycles. The second kappa shape index (κ2) is 6.20. The van der Waals surface area contributed by atoms with Crippen molar-refractivity contribution in [2.75, 3.05) is 4.90 Å². The van der Waals surface area contributed by atoms with Crippen LogP contribution in [0.2, 0.25) is 0 Å². The van der Waals surface area contributed by atoms with Crippen LogP contribution >= 0.6 is 0 Å². The maximum Gasteiger partial charge on any atom is 0.258 e. The van der Waals surface area contributed by atoms with Gasteiger partial charge >= 0.3 is 0 Å². The van der Waals surface area contributed by atoms with E-state index in [4.69, 9.17) is 0 Å². The highest BCUT2D eigenvalue weighted by molar-refractivity contribution is 6.06. The standard InChI is InChI=1S/C21H21N3O/c1-3-15-8-10-16(11-9-15)21(25)24-14-18-13-22-23(2)20(18)12-17-6-4-5-7-19(17)24/h4-11,13H,3,12,14H2,1-2H3. The Balaban J connectivity index is 1.78. The third-order valence-corrected chi connectivity index (χ3v) is 4.97. The van der Waals surface area contributed by atoms with Crippen molar-refractivity contribution in [2.45, 2.75) is 26.3 Å². The van der Waals surface area contributed by atoms with E-state index in [1.807, 2.05) is 65.3 Å². The number of carbonyl (C=O) groups excluding carboxylic acids is 1. The van der Waals surface area contributed by atoms with Crippen molar-refractivity contribution in [3.8, 4) is 0 Å². The van der Waals surface area contributed by atoms with E-state index >= 15 is 0 Å². The Kier molecular flexibility index (Phi) is 3.88. The molecule has 4 rings (SSSR count). The highest BCUT2D eigenvalue weighted by atomic mass is 16.2. The molecular formula is C21H21N3O. The van der Waals surface area contributed by atoms with Crippen LogP contribution in [0.4, 0.5) is 5.69 Å². The minimum Gasteiger partial charge on any atom is -0.304 e. The van der Waals surface area contributed by atoms with Crippen LogP contribution in [0, 0.1) is 0 Å². The molecule has 1 aromatic heterocycles. The third kappa shape index (κ3) is 2.74. The van der Waals surface area contributed by atoms with Crippen molar-refractivity contribution in [3.63, 3.8) is 0 Å². The van der Waals surface area contributed by atoms with Gasteiger partial charge in [-0.2, -0.15) is 5.10 Å². The maximum absolute atomic E-state index is 13.2. The zero-order valence-corrected chi connectivity index (χ0v) is 14.6. The number of fused-ring (bicyclic) bond motifs is 2. The predicted octanol–water partition coefficient (Wildman–Crippen LogP) is 3.73. The largest absolute Gasteiger partial charge is 0.304 e. The van der Waals surface area contributed by atoms with Crippen molar-refractivity contribution >= 4 is 11.6 Å². The minimum atomic E-state index is 0.0341. The van der Waals surface area contributed by atoms with E-state index in [9.17, 15) is 4.79 Å². The van der Waals surface area contributed by atoms with Gasteiger partial charge in [-0.25, -0.2) is 0 Å². The van der Waals surface area contributed by atoms with Gasteiger partial charge in [0.05, 0.1) is 12.7 Å². The summed E-state index contributed by atoms with van der Waals surface area (Å²) in [6.07, 6.45) is 3.64. The Morgan fingerprint density at radius 1 is 1.08 bits per heavy atom. The number of hydrogen-bond donors (Lipinski definition) is 0. The molecule has 0 fully saturated rings. The molecule has 0 radical (unpaired) electrons. The zero-order valence-electron chi connectivity index (χ0n) is 14.6. The van der Waals surface area contributed by atoms with Crippen LogP contribution in [0.5, 0.6) is 0 Å². The van der Waals surface area contributed by atoms with Crippen molar-refractivity contribution in [3.05, 3.63) is 82.7 Å². The van der Waals surface area contributed by atoms with Gasteiger partial charge in [0, 0.05) is 36.0 Å². The number of aromatic nitrogens is 2. The van der Waals surface area contributed by atoms with Crippen molar-refractivity contribution in [1.82, 2.24) is 9.78 Å². The van der Waals surface area contributed by atoms with E-state index in [0.29, 0.717) is 6.54 Å². The fourth-order valence-electron chi connectivity index (χ4n) is 3.45. The average Bonchev–Trinajstić information content (AvgIpc) is 2.90. The summed E-state index contributed by atoms with van der Waals surface area (Å²) in [7, 11) is 1.96. The van der Waals surface area contributed by atoms with Gasteiger partial charge in [0.25, 0.3) is 5.91 Å². The van der Waals surface area contributed by atoms with Crippen LogP contribution in [0.3, 0.4) is 0 Å². The Labute approximate surface area is 147 Å². The topological polar surface area (TPSA) is 38.1 Å². The molecular weight excluding hydrogens is 310 g/mol. The summed E-state index contributed by atoms with van der Waals surface area (Å²) < 4.78 is 1.91. The summed E-state index contributed by atoms with van der Waals surface area (Å²) >= 11 is 0. The Morgan fingerprint density at radius 2 is 1.84 bits per heavy atom. The molecule has 3 aromatic rings. The molecule has 2 aromatic carbocycles. The molecule has 0 spiro atoms. The number of nitrogens with zero attached hydrogens (tertiary/aromatic N) is 3. The monoisotopic (exact) mass is 331 g/mol. The number of carbonyl (C=O) groups is 1. The highest BCUT2D eigenvalue weighted by Crippen LogP contribution is 2.31. The van der Waals surface area contributed by atoms with Crippen LogP contribution in [-0.4, -0.2) is 15.7 Å². The zero-order chi connectivity index (χ0) is 17.4. The SMILES string of the molecule is CCc1ccc(C(=O)N2Cc3cnn(C)c3Cc3ccccc32)cc1. The number of aryl methyl sites for hydroxylation is 2. The van der Waals surface area contributed by atoms with Gasteiger partial charge in [-0.3, -0.25) is 9.48 Å². The molecule has 0 saturated heterocycles. The first-order valence-electron chi connectivity index (χ1n) is 8.66. The van der Waals surface area contributed by atoms with Crippen LogP contribution in [-0.2, 0) is 26.4 Å². The lowest BCUT2D eigenvalue weighted by molar-refractivity contribution is 0.0985. The van der Waals surface area contributed by atoms with Crippen molar-refractivity contribution < 1.29 is 4.79 Å². The first-order chi connectivity index (χ1) is 12.2. The van der Waals surface area contributed by atoms with Crippen molar-refractivity contribution in [2.24, 2.45) is 7.05 Å². The molecule has 0 atom stereocenters. The van der Waals surface area contributed by atoms with Gasteiger partial charge < -0.3 is 4.90 Å². The number of rotatable bonds is 2. The van der Waals surface area contributed by atoms with E-state index in [-0.39, 0.29) is 5.91 Å². The first-order valence-corrected chi connectivity index (χ1v) is 8.66. The molecule has 0 N–H and O–H groups in total. The first kappa shape index (κ1) is 15.6. The number of amides is 1. The van der Waals surface area contributed by atoms with Crippen LogP contribution < -0.4 is 4.90 Å². The fourth-order valence-corrected chi connectivity index (χ4v) is 3.45. The fraction of sp³-hybridized carbons (Fsp3) is 0.238. The van der Waals surface area contributed by atoms with E-state index in [2.05, 4.69) is 18.1 Å². The lowest BCUT2D eigenvalue weighted by Crippen LogP contribution is -2.30. The molecule has 1 amide bonds.